The lowest BCUT2D eigenvalue weighted by atomic mass is 10.0. The van der Waals surface area contributed by atoms with Gasteiger partial charge in [-0.15, -0.1) is 0 Å². The molecule has 6 nitrogen and oxygen atoms in total. The second-order valence-electron chi connectivity index (χ2n) is 5.65. The van der Waals surface area contributed by atoms with Crippen LogP contribution in [-0.2, 0) is 17.5 Å². The van der Waals surface area contributed by atoms with Gasteiger partial charge in [0.05, 0.1) is 29.8 Å². The number of esters is 1. The van der Waals surface area contributed by atoms with Crippen LogP contribution >= 0.6 is 0 Å². The maximum Gasteiger partial charge on any atom is 0.417 e. The highest BCUT2D eigenvalue weighted by atomic mass is 19.4. The summed E-state index contributed by atoms with van der Waals surface area (Å²) in [6.45, 7) is 4.21. The first-order valence-corrected chi connectivity index (χ1v) is 7.73. The third kappa shape index (κ3) is 3.87. The van der Waals surface area contributed by atoms with E-state index in [1.54, 1.807) is 20.8 Å². The van der Waals surface area contributed by atoms with Gasteiger partial charge in [-0.3, -0.25) is 9.59 Å². The van der Waals surface area contributed by atoms with Crippen molar-refractivity contribution in [3.63, 3.8) is 0 Å². The fourth-order valence-corrected chi connectivity index (χ4v) is 2.64. The minimum absolute atomic E-state index is 0.00487. The molecule has 0 aliphatic heterocycles. The van der Waals surface area contributed by atoms with Gasteiger partial charge in [-0.25, -0.2) is 4.79 Å². The molecule has 2 rings (SSSR count). The number of carbonyl (C=O) groups excluding carboxylic acids is 2. The van der Waals surface area contributed by atoms with E-state index in [0.717, 1.165) is 6.07 Å². The number of aromatic amines is 1. The smallest absolute Gasteiger partial charge is 0.417 e. The molecule has 0 fully saturated rings. The third-order valence-corrected chi connectivity index (χ3v) is 3.76. The Balaban J connectivity index is 2.43. The van der Waals surface area contributed by atoms with E-state index in [9.17, 15) is 27.6 Å². The Labute approximate surface area is 146 Å². The summed E-state index contributed by atoms with van der Waals surface area (Å²) in [5.74, 6) is -1.38. The first-order valence-electron chi connectivity index (χ1n) is 7.73. The van der Waals surface area contributed by atoms with Crippen LogP contribution in [0.5, 0.6) is 0 Å². The van der Waals surface area contributed by atoms with E-state index in [2.05, 4.69) is 4.98 Å². The summed E-state index contributed by atoms with van der Waals surface area (Å²) in [4.78, 5) is 39.4. The minimum atomic E-state index is -4.64. The number of nitrogens with zero attached hydrogens (tertiary/aromatic N) is 1. The Morgan fingerprint density at radius 1 is 1.15 bits per heavy atom. The summed E-state index contributed by atoms with van der Waals surface area (Å²) in [7, 11) is 0. The molecule has 0 aliphatic carbocycles. The molecule has 0 unspecified atom stereocenters. The second-order valence-corrected chi connectivity index (χ2v) is 5.65. The fraction of sp³-hybridized carbons (Fsp3) is 0.353. The lowest BCUT2D eigenvalue weighted by Gasteiger charge is -2.11. The van der Waals surface area contributed by atoms with Gasteiger partial charge in [-0.1, -0.05) is 0 Å². The molecule has 0 amide bonds. The highest BCUT2D eigenvalue weighted by molar-refractivity contribution is 6.08. The summed E-state index contributed by atoms with van der Waals surface area (Å²) >= 11 is 0. The molecule has 0 saturated carbocycles. The van der Waals surface area contributed by atoms with Crippen molar-refractivity contribution in [3.8, 4) is 0 Å². The topological polar surface area (TPSA) is 81.2 Å². The van der Waals surface area contributed by atoms with Crippen molar-refractivity contribution in [1.82, 2.24) is 9.55 Å². The van der Waals surface area contributed by atoms with E-state index in [4.69, 9.17) is 4.74 Å². The molecule has 2 aromatic rings. The fourth-order valence-electron chi connectivity index (χ4n) is 2.64. The Bertz CT molecular complexity index is 910. The van der Waals surface area contributed by atoms with Crippen LogP contribution in [0.2, 0.25) is 0 Å². The van der Waals surface area contributed by atoms with Gasteiger partial charge in [0.25, 0.3) is 5.56 Å². The van der Waals surface area contributed by atoms with Gasteiger partial charge in [0.2, 0.25) is 0 Å². The van der Waals surface area contributed by atoms with Gasteiger partial charge >= 0.3 is 12.1 Å². The lowest BCUT2D eigenvalue weighted by Crippen LogP contribution is -2.26. The summed E-state index contributed by atoms with van der Waals surface area (Å²) < 4.78 is 44.0. The van der Waals surface area contributed by atoms with Crippen LogP contribution in [0.1, 0.15) is 44.6 Å². The SMILES string of the molecule is CCOC(=O)c1c(C)[nH]c(C)c1C(=O)Cn1cc(C(F)(F)F)ccc1=O. The number of hydrogen-bond acceptors (Lipinski definition) is 4. The van der Waals surface area contributed by atoms with Gasteiger partial charge in [0.1, 0.15) is 0 Å². The molecule has 140 valence electrons. The molecule has 0 atom stereocenters. The van der Waals surface area contributed by atoms with Crippen molar-refractivity contribution >= 4 is 11.8 Å². The molecule has 9 heteroatoms. The van der Waals surface area contributed by atoms with Crippen LogP contribution in [-0.4, -0.2) is 27.9 Å². The summed E-state index contributed by atoms with van der Waals surface area (Å²) in [6.07, 6.45) is -4.06. The number of ketones is 1. The third-order valence-electron chi connectivity index (χ3n) is 3.76. The molecule has 0 aliphatic rings. The number of rotatable bonds is 5. The van der Waals surface area contributed by atoms with Gasteiger partial charge in [0, 0.05) is 23.7 Å². The number of hydrogen-bond donors (Lipinski definition) is 1. The average Bonchev–Trinajstić information content (AvgIpc) is 2.83. The van der Waals surface area contributed by atoms with E-state index < -0.39 is 35.6 Å². The highest BCUT2D eigenvalue weighted by Gasteiger charge is 2.31. The highest BCUT2D eigenvalue weighted by Crippen LogP contribution is 2.28. The van der Waals surface area contributed by atoms with Gasteiger partial charge in [0.15, 0.2) is 5.78 Å². The molecule has 2 heterocycles. The van der Waals surface area contributed by atoms with E-state index in [0.29, 0.717) is 28.2 Å². The van der Waals surface area contributed by atoms with Crippen LogP contribution in [0.15, 0.2) is 23.1 Å². The van der Waals surface area contributed by atoms with E-state index in [1.807, 2.05) is 0 Å². The average molecular weight is 370 g/mol. The van der Waals surface area contributed by atoms with E-state index >= 15 is 0 Å². The van der Waals surface area contributed by atoms with Crippen molar-refractivity contribution in [2.45, 2.75) is 33.5 Å². The van der Waals surface area contributed by atoms with Gasteiger partial charge in [-0.05, 0) is 26.8 Å². The predicted octanol–water partition coefficient (Wildman–Crippen LogP) is 2.87. The zero-order chi connectivity index (χ0) is 19.6. The number of Topliss-reactive ketones (excluding diaryl/α,β-unsaturated/α-hetero) is 1. The molecule has 2 aromatic heterocycles. The van der Waals surface area contributed by atoms with Crippen LogP contribution in [0.3, 0.4) is 0 Å². The van der Waals surface area contributed by atoms with Crippen molar-refractivity contribution in [3.05, 3.63) is 56.8 Å². The molecule has 1 N–H and O–H groups in total. The number of H-pyrrole nitrogens is 1. The number of halogens is 3. The monoisotopic (exact) mass is 370 g/mol. The van der Waals surface area contributed by atoms with E-state index in [1.165, 1.54) is 0 Å². The van der Waals surface area contributed by atoms with Crippen LogP contribution in [0.25, 0.3) is 0 Å². The zero-order valence-electron chi connectivity index (χ0n) is 14.4. The van der Waals surface area contributed by atoms with Crippen molar-refractivity contribution in [1.29, 1.82) is 0 Å². The quantitative estimate of drug-likeness (QED) is 0.648. The Morgan fingerprint density at radius 3 is 2.35 bits per heavy atom. The molecule has 0 radical (unpaired) electrons. The second kappa shape index (κ2) is 7.19. The Morgan fingerprint density at radius 2 is 1.77 bits per heavy atom. The molecule has 0 bridgehead atoms. The van der Waals surface area contributed by atoms with E-state index in [-0.39, 0.29) is 17.7 Å². The number of carbonyl (C=O) groups is 2. The molecular weight excluding hydrogens is 353 g/mol. The number of aryl methyl sites for hydroxylation is 2. The zero-order valence-corrected chi connectivity index (χ0v) is 14.4. The Kier molecular flexibility index (Phi) is 5.38. The molecule has 0 saturated heterocycles. The number of ether oxygens (including phenoxy) is 1. The summed E-state index contributed by atoms with van der Waals surface area (Å²) in [5, 5.41) is 0. The van der Waals surface area contributed by atoms with Gasteiger partial charge in [-0.2, -0.15) is 13.2 Å². The van der Waals surface area contributed by atoms with Gasteiger partial charge < -0.3 is 14.3 Å². The lowest BCUT2D eigenvalue weighted by molar-refractivity contribution is -0.138. The van der Waals surface area contributed by atoms with Crippen molar-refractivity contribution in [2.24, 2.45) is 0 Å². The minimum Gasteiger partial charge on any atom is -0.462 e. The number of aromatic nitrogens is 2. The first kappa shape index (κ1) is 19.5. The predicted molar refractivity (Wildman–Crippen MR) is 86.3 cm³/mol. The van der Waals surface area contributed by atoms with Crippen LogP contribution in [0.4, 0.5) is 13.2 Å². The maximum atomic E-state index is 12.8. The van der Waals surface area contributed by atoms with Crippen LogP contribution in [0, 0.1) is 13.8 Å². The standard InChI is InChI=1S/C17H17F3N2O4/c1-4-26-16(25)15-10(3)21-9(2)14(15)12(23)8-22-7-11(17(18,19)20)5-6-13(22)24/h5-7,21H,4,8H2,1-3H3. The molecule has 26 heavy (non-hydrogen) atoms. The normalized spacial score (nSPS) is 11.5. The number of nitrogens with one attached hydrogen (secondary N) is 1. The molecule has 0 aromatic carbocycles. The summed E-state index contributed by atoms with van der Waals surface area (Å²) in [6, 6.07) is 1.40. The largest absolute Gasteiger partial charge is 0.462 e. The van der Waals surface area contributed by atoms with Crippen molar-refractivity contribution < 1.29 is 27.5 Å². The summed E-state index contributed by atoms with van der Waals surface area (Å²) in [5.41, 5.74) is -0.998. The maximum absolute atomic E-state index is 12.8. The number of pyridine rings is 1. The molecular formula is C17H17F3N2O4. The molecule has 0 spiro atoms. The van der Waals surface area contributed by atoms with Crippen molar-refractivity contribution in [2.75, 3.05) is 6.61 Å². The van der Waals surface area contributed by atoms with Crippen LogP contribution < -0.4 is 5.56 Å². The Hall–Kier alpha value is -2.84. The first-order chi connectivity index (χ1) is 12.1. The number of alkyl halides is 3.